The predicted octanol–water partition coefficient (Wildman–Crippen LogP) is 8.20. The minimum absolute atomic E-state index is 0.421. The quantitative estimate of drug-likeness (QED) is 0.216. The zero-order valence-corrected chi connectivity index (χ0v) is 20.6. The molecule has 0 aromatic carbocycles. The molecule has 0 radical (unpaired) electrons. The summed E-state index contributed by atoms with van der Waals surface area (Å²) in [7, 11) is 0. The van der Waals surface area contributed by atoms with E-state index in [2.05, 4.69) is 64.3 Å². The molecule has 0 aromatic heterocycles. The lowest BCUT2D eigenvalue weighted by atomic mass is 9.72. The second-order valence-electron chi connectivity index (χ2n) is 10.5. The largest absolute Gasteiger partial charge is 0.298 e. The maximum atomic E-state index is 14.8. The molecule has 0 amide bonds. The lowest BCUT2D eigenvalue weighted by Crippen LogP contribution is -2.56. The van der Waals surface area contributed by atoms with Crippen molar-refractivity contribution in [2.45, 2.75) is 98.6 Å². The summed E-state index contributed by atoms with van der Waals surface area (Å²) in [5.41, 5.74) is 4.94. The zero-order chi connectivity index (χ0) is 22.4. The standard InChI is InChI=1S/C28H46FN/c1-8-11-23(6)26(19-30-20-28(10-3,21-30)18-22(4)5)17-25(24-12-13-24)14-16-27(7,29)15-9-2/h8,11,17,24H,4,9-10,12-16,18-21H2,1-3,5-7H3/b11-8+,25-17+,26-23+. The third-order valence-electron chi connectivity index (χ3n) is 7.03. The monoisotopic (exact) mass is 415 g/mol. The van der Waals surface area contributed by atoms with E-state index in [9.17, 15) is 4.39 Å². The van der Waals surface area contributed by atoms with Gasteiger partial charge in [0.25, 0.3) is 0 Å². The molecule has 1 saturated carbocycles. The van der Waals surface area contributed by atoms with Crippen LogP contribution in [0.1, 0.15) is 92.9 Å². The van der Waals surface area contributed by atoms with E-state index in [0.717, 1.165) is 38.9 Å². The van der Waals surface area contributed by atoms with Crippen LogP contribution < -0.4 is 0 Å². The van der Waals surface area contributed by atoms with Gasteiger partial charge in [0.2, 0.25) is 0 Å². The van der Waals surface area contributed by atoms with Crippen LogP contribution in [0.4, 0.5) is 4.39 Å². The highest BCUT2D eigenvalue weighted by Gasteiger charge is 2.41. The van der Waals surface area contributed by atoms with Crippen LogP contribution in [0, 0.1) is 11.3 Å². The second kappa shape index (κ2) is 10.9. The van der Waals surface area contributed by atoms with Crippen LogP contribution >= 0.6 is 0 Å². The molecule has 2 heteroatoms. The number of nitrogens with zero attached hydrogens (tertiary/aromatic N) is 1. The minimum atomic E-state index is -1.04. The highest BCUT2D eigenvalue weighted by molar-refractivity contribution is 5.37. The van der Waals surface area contributed by atoms with Crippen molar-refractivity contribution in [1.29, 1.82) is 0 Å². The number of hydrogen-bond donors (Lipinski definition) is 0. The number of rotatable bonds is 13. The Kier molecular flexibility index (Phi) is 9.15. The molecule has 0 spiro atoms. The molecule has 0 N–H and O–H groups in total. The van der Waals surface area contributed by atoms with Crippen LogP contribution in [-0.2, 0) is 0 Å². The molecule has 30 heavy (non-hydrogen) atoms. The molecule has 1 nitrogen and oxygen atoms in total. The van der Waals surface area contributed by atoms with Gasteiger partial charge in [-0.25, -0.2) is 4.39 Å². The SMILES string of the molecule is C=C(C)CC1(CC)CN(CC(/C=C(\CCC(C)(F)CCC)C2CC2)=C(C)/C=C/C)C1. The van der Waals surface area contributed by atoms with E-state index < -0.39 is 5.67 Å². The molecule has 1 aliphatic carbocycles. The van der Waals surface area contributed by atoms with Gasteiger partial charge in [0.1, 0.15) is 5.67 Å². The molecule has 1 heterocycles. The van der Waals surface area contributed by atoms with Gasteiger partial charge in [-0.3, -0.25) is 4.90 Å². The number of allylic oxidation sites excluding steroid dienone is 5. The first-order chi connectivity index (χ1) is 14.1. The van der Waals surface area contributed by atoms with E-state index in [1.807, 2.05) is 0 Å². The van der Waals surface area contributed by atoms with E-state index in [0.29, 0.717) is 24.2 Å². The average Bonchev–Trinajstić information content (AvgIpc) is 3.46. The number of alkyl halides is 1. The van der Waals surface area contributed by atoms with Crippen molar-refractivity contribution in [3.63, 3.8) is 0 Å². The van der Waals surface area contributed by atoms with Gasteiger partial charge >= 0.3 is 0 Å². The van der Waals surface area contributed by atoms with Gasteiger partial charge in [-0.2, -0.15) is 0 Å². The van der Waals surface area contributed by atoms with Crippen molar-refractivity contribution in [2.24, 2.45) is 11.3 Å². The fraction of sp³-hybridized carbons (Fsp3) is 0.714. The lowest BCUT2D eigenvalue weighted by molar-refractivity contribution is 0.00539. The highest BCUT2D eigenvalue weighted by Crippen LogP contribution is 2.42. The van der Waals surface area contributed by atoms with Crippen LogP contribution in [0.15, 0.2) is 47.1 Å². The molecule has 0 bridgehead atoms. The van der Waals surface area contributed by atoms with E-state index >= 15 is 0 Å². The Morgan fingerprint density at radius 2 is 1.87 bits per heavy atom. The Hall–Kier alpha value is -1.15. The Labute approximate surface area is 186 Å². The van der Waals surface area contributed by atoms with Crippen LogP contribution in [0.5, 0.6) is 0 Å². The van der Waals surface area contributed by atoms with Crippen LogP contribution in [0.3, 0.4) is 0 Å². The van der Waals surface area contributed by atoms with Crippen LogP contribution in [0.25, 0.3) is 0 Å². The first-order valence-electron chi connectivity index (χ1n) is 12.2. The van der Waals surface area contributed by atoms with Gasteiger partial charge in [0.15, 0.2) is 0 Å². The molecule has 0 aromatic rings. The fourth-order valence-electron chi connectivity index (χ4n) is 5.12. The van der Waals surface area contributed by atoms with Crippen LogP contribution in [-0.4, -0.2) is 30.2 Å². The molecule has 2 aliphatic rings. The van der Waals surface area contributed by atoms with Crippen molar-refractivity contribution in [3.8, 4) is 0 Å². The maximum absolute atomic E-state index is 14.8. The fourth-order valence-corrected chi connectivity index (χ4v) is 5.12. The summed E-state index contributed by atoms with van der Waals surface area (Å²) >= 11 is 0. The van der Waals surface area contributed by atoms with Gasteiger partial charge in [-0.1, -0.05) is 49.6 Å². The molecule has 170 valence electrons. The Bertz CT molecular complexity index is 669. The second-order valence-corrected chi connectivity index (χ2v) is 10.5. The summed E-state index contributed by atoms with van der Waals surface area (Å²) in [6, 6.07) is 0. The smallest absolute Gasteiger partial charge is 0.108 e. The molecular formula is C28H46FN. The molecular weight excluding hydrogens is 369 g/mol. The Morgan fingerprint density at radius 1 is 1.20 bits per heavy atom. The Balaban J connectivity index is 2.12. The molecule has 1 atom stereocenters. The number of halogens is 1. The van der Waals surface area contributed by atoms with Gasteiger partial charge in [0, 0.05) is 19.6 Å². The summed E-state index contributed by atoms with van der Waals surface area (Å²) in [5.74, 6) is 0.686. The number of hydrogen-bond acceptors (Lipinski definition) is 1. The molecule has 1 aliphatic heterocycles. The third kappa shape index (κ3) is 7.52. The van der Waals surface area contributed by atoms with Crippen molar-refractivity contribution in [2.75, 3.05) is 19.6 Å². The van der Waals surface area contributed by atoms with Gasteiger partial charge in [0.05, 0.1) is 0 Å². The van der Waals surface area contributed by atoms with Crippen molar-refractivity contribution in [1.82, 2.24) is 4.90 Å². The predicted molar refractivity (Wildman–Crippen MR) is 131 cm³/mol. The molecule has 2 rings (SSSR count). The summed E-state index contributed by atoms with van der Waals surface area (Å²) in [5, 5.41) is 0. The van der Waals surface area contributed by atoms with Gasteiger partial charge in [-0.15, -0.1) is 6.58 Å². The van der Waals surface area contributed by atoms with Crippen LogP contribution in [0.2, 0.25) is 0 Å². The van der Waals surface area contributed by atoms with Crippen molar-refractivity contribution >= 4 is 0 Å². The summed E-state index contributed by atoms with van der Waals surface area (Å²) in [4.78, 5) is 2.59. The molecule has 2 fully saturated rings. The summed E-state index contributed by atoms with van der Waals surface area (Å²) in [6.45, 7) is 20.1. The third-order valence-corrected chi connectivity index (χ3v) is 7.03. The van der Waals surface area contributed by atoms with E-state index in [1.165, 1.54) is 41.6 Å². The summed E-state index contributed by atoms with van der Waals surface area (Å²) in [6.07, 6.45) is 14.9. The molecule has 1 unspecified atom stereocenters. The Morgan fingerprint density at radius 3 is 2.37 bits per heavy atom. The first kappa shape index (κ1) is 25.1. The zero-order valence-electron chi connectivity index (χ0n) is 20.6. The van der Waals surface area contributed by atoms with Gasteiger partial charge < -0.3 is 0 Å². The van der Waals surface area contributed by atoms with Crippen molar-refractivity contribution < 1.29 is 4.39 Å². The number of likely N-dealkylation sites (tertiary alicyclic amines) is 1. The van der Waals surface area contributed by atoms with E-state index in [1.54, 1.807) is 6.92 Å². The van der Waals surface area contributed by atoms with E-state index in [4.69, 9.17) is 0 Å². The molecule has 1 saturated heterocycles. The van der Waals surface area contributed by atoms with Gasteiger partial charge in [-0.05, 0) is 95.1 Å². The summed E-state index contributed by atoms with van der Waals surface area (Å²) < 4.78 is 14.8. The topological polar surface area (TPSA) is 3.24 Å². The maximum Gasteiger partial charge on any atom is 0.108 e. The first-order valence-corrected chi connectivity index (χ1v) is 12.2. The lowest BCUT2D eigenvalue weighted by Gasteiger charge is -2.51. The van der Waals surface area contributed by atoms with Crippen molar-refractivity contribution in [3.05, 3.63) is 47.1 Å². The van der Waals surface area contributed by atoms with E-state index in [-0.39, 0.29) is 0 Å². The highest BCUT2D eigenvalue weighted by atomic mass is 19.1. The average molecular weight is 416 g/mol. The normalized spacial score (nSPS) is 22.6. The minimum Gasteiger partial charge on any atom is -0.298 e.